The average Bonchev–Trinajstić information content (AvgIpc) is 2.84. The minimum absolute atomic E-state index is 0.939. The fourth-order valence-electron chi connectivity index (χ4n) is 5.61. The van der Waals surface area contributed by atoms with Gasteiger partial charge in [-0.1, -0.05) is 109 Å². The molecule has 1 heterocycles. The molecule has 1 aliphatic rings. The smallest absolute Gasteiger partial charge is 0.128 e. The molecular weight excluding hydrogens is 400 g/mol. The predicted molar refractivity (Wildman–Crippen MR) is 143 cm³/mol. The molecule has 0 radical (unpaired) electrons. The van der Waals surface area contributed by atoms with Crippen molar-refractivity contribution in [1.29, 1.82) is 0 Å². The first-order chi connectivity index (χ1) is 16.2. The van der Waals surface area contributed by atoms with E-state index in [9.17, 15) is 0 Å². The molecule has 2 nitrogen and oxygen atoms in total. The maximum absolute atomic E-state index is 4.66. The van der Waals surface area contributed by atoms with Crippen LogP contribution in [0.5, 0.6) is 0 Å². The fraction of sp³-hybridized carbons (Fsp3) is 0.677. The van der Waals surface area contributed by atoms with E-state index in [1.54, 1.807) is 0 Å². The van der Waals surface area contributed by atoms with E-state index >= 15 is 0 Å². The molecule has 182 valence electrons. The minimum Gasteiger partial charge on any atom is -0.241 e. The van der Waals surface area contributed by atoms with Crippen LogP contribution in [0.1, 0.15) is 121 Å². The molecule has 3 rings (SSSR count). The van der Waals surface area contributed by atoms with Gasteiger partial charge in [-0.2, -0.15) is 0 Å². The van der Waals surface area contributed by atoms with Crippen LogP contribution in [-0.4, -0.2) is 9.97 Å². The quantitative estimate of drug-likeness (QED) is 0.269. The van der Waals surface area contributed by atoms with Gasteiger partial charge in [-0.25, -0.2) is 9.97 Å². The number of hydrogen-bond donors (Lipinski definition) is 0. The lowest BCUT2D eigenvalue weighted by Crippen LogP contribution is -2.15. The fourth-order valence-corrected chi connectivity index (χ4v) is 5.61. The second kappa shape index (κ2) is 14.5. The Hall–Kier alpha value is -1.70. The van der Waals surface area contributed by atoms with Gasteiger partial charge in [-0.15, -0.1) is 0 Å². The zero-order valence-corrected chi connectivity index (χ0v) is 21.7. The molecule has 0 aliphatic heterocycles. The standard InChI is InChI=1S/C31H48N2/c1-4-6-7-8-9-10-11-13-31-32-23-30(24-33-31)29-21-20-28(25(3)22-29)19-18-27-16-14-26(12-5-2)15-17-27/h20-24,26-27H,4-19H2,1-3H3. The van der Waals surface area contributed by atoms with Crippen molar-refractivity contribution in [2.24, 2.45) is 11.8 Å². The minimum atomic E-state index is 0.939. The number of nitrogens with zero attached hydrogens (tertiary/aromatic N) is 2. The molecule has 1 fully saturated rings. The van der Waals surface area contributed by atoms with E-state index in [1.165, 1.54) is 113 Å². The molecule has 2 heteroatoms. The van der Waals surface area contributed by atoms with Gasteiger partial charge in [0.2, 0.25) is 0 Å². The summed E-state index contributed by atoms with van der Waals surface area (Å²) in [6.07, 6.45) is 25.6. The van der Waals surface area contributed by atoms with Crippen LogP contribution in [0, 0.1) is 18.8 Å². The van der Waals surface area contributed by atoms with Crippen LogP contribution in [0.3, 0.4) is 0 Å². The lowest BCUT2D eigenvalue weighted by molar-refractivity contribution is 0.252. The Morgan fingerprint density at radius 2 is 1.33 bits per heavy atom. The van der Waals surface area contributed by atoms with Crippen LogP contribution in [0.15, 0.2) is 30.6 Å². The third-order valence-corrected chi connectivity index (χ3v) is 7.87. The summed E-state index contributed by atoms with van der Waals surface area (Å²) >= 11 is 0. The highest BCUT2D eigenvalue weighted by molar-refractivity contribution is 5.63. The monoisotopic (exact) mass is 448 g/mol. The van der Waals surface area contributed by atoms with Crippen molar-refractivity contribution in [1.82, 2.24) is 9.97 Å². The number of aromatic nitrogens is 2. The van der Waals surface area contributed by atoms with Gasteiger partial charge in [0.15, 0.2) is 0 Å². The summed E-state index contributed by atoms with van der Waals surface area (Å²) in [5.74, 6) is 2.94. The number of unbranched alkanes of at least 4 members (excludes halogenated alkanes) is 6. The molecule has 0 saturated heterocycles. The summed E-state index contributed by atoms with van der Waals surface area (Å²) in [4.78, 5) is 9.32. The number of rotatable bonds is 14. The molecule has 2 aromatic rings. The second-order valence-electron chi connectivity index (χ2n) is 10.6. The van der Waals surface area contributed by atoms with Crippen molar-refractivity contribution >= 4 is 0 Å². The van der Waals surface area contributed by atoms with Crippen molar-refractivity contribution in [2.45, 2.75) is 124 Å². The number of aryl methyl sites for hydroxylation is 3. The molecule has 1 aliphatic carbocycles. The Balaban J connectivity index is 1.42. The molecule has 0 bridgehead atoms. The molecule has 0 N–H and O–H groups in total. The maximum Gasteiger partial charge on any atom is 0.128 e. The zero-order valence-electron chi connectivity index (χ0n) is 21.7. The normalized spacial score (nSPS) is 18.5. The van der Waals surface area contributed by atoms with Gasteiger partial charge < -0.3 is 0 Å². The molecule has 1 aromatic carbocycles. The van der Waals surface area contributed by atoms with Crippen LogP contribution in [0.4, 0.5) is 0 Å². The summed E-state index contributed by atoms with van der Waals surface area (Å²) in [5, 5.41) is 0. The van der Waals surface area contributed by atoms with Gasteiger partial charge in [-0.05, 0) is 54.7 Å². The van der Waals surface area contributed by atoms with Gasteiger partial charge in [-0.3, -0.25) is 0 Å². The van der Waals surface area contributed by atoms with Crippen LogP contribution < -0.4 is 0 Å². The summed E-state index contributed by atoms with van der Waals surface area (Å²) in [6, 6.07) is 6.96. The Kier molecular flexibility index (Phi) is 11.4. The van der Waals surface area contributed by atoms with Gasteiger partial charge >= 0.3 is 0 Å². The summed E-state index contributed by atoms with van der Waals surface area (Å²) in [7, 11) is 0. The highest BCUT2D eigenvalue weighted by Crippen LogP contribution is 2.34. The summed E-state index contributed by atoms with van der Waals surface area (Å²) in [5.41, 5.74) is 5.33. The molecule has 0 amide bonds. The molecular formula is C31H48N2. The van der Waals surface area contributed by atoms with Crippen molar-refractivity contribution in [2.75, 3.05) is 0 Å². The average molecular weight is 449 g/mol. The molecule has 0 spiro atoms. The molecule has 0 atom stereocenters. The van der Waals surface area contributed by atoms with Crippen LogP contribution >= 0.6 is 0 Å². The highest BCUT2D eigenvalue weighted by atomic mass is 14.9. The Bertz CT molecular complexity index is 787. The van der Waals surface area contributed by atoms with E-state index in [-0.39, 0.29) is 0 Å². The first-order valence-corrected chi connectivity index (χ1v) is 14.1. The highest BCUT2D eigenvalue weighted by Gasteiger charge is 2.20. The zero-order chi connectivity index (χ0) is 23.3. The van der Waals surface area contributed by atoms with Crippen molar-refractivity contribution < 1.29 is 0 Å². The van der Waals surface area contributed by atoms with Crippen LogP contribution in [0.25, 0.3) is 11.1 Å². The molecule has 33 heavy (non-hydrogen) atoms. The lowest BCUT2D eigenvalue weighted by atomic mass is 9.78. The number of hydrogen-bond acceptors (Lipinski definition) is 2. The van der Waals surface area contributed by atoms with Gasteiger partial charge in [0.1, 0.15) is 5.82 Å². The van der Waals surface area contributed by atoms with Gasteiger partial charge in [0.05, 0.1) is 0 Å². The first kappa shape index (κ1) is 25.9. The largest absolute Gasteiger partial charge is 0.241 e. The summed E-state index contributed by atoms with van der Waals surface area (Å²) in [6.45, 7) is 6.87. The first-order valence-electron chi connectivity index (χ1n) is 14.1. The summed E-state index contributed by atoms with van der Waals surface area (Å²) < 4.78 is 0. The van der Waals surface area contributed by atoms with E-state index in [1.807, 2.05) is 12.4 Å². The SMILES string of the molecule is CCCCCCCCCc1ncc(-c2ccc(CCC3CCC(CCC)CC3)c(C)c2)cn1. The van der Waals surface area contributed by atoms with Crippen LogP contribution in [0.2, 0.25) is 0 Å². The van der Waals surface area contributed by atoms with Crippen molar-refractivity contribution in [3.8, 4) is 11.1 Å². The molecule has 1 saturated carbocycles. The van der Waals surface area contributed by atoms with E-state index in [0.717, 1.165) is 29.6 Å². The van der Waals surface area contributed by atoms with Gasteiger partial charge in [0.25, 0.3) is 0 Å². The Morgan fingerprint density at radius 3 is 1.97 bits per heavy atom. The van der Waals surface area contributed by atoms with Crippen LogP contribution in [-0.2, 0) is 12.8 Å². The predicted octanol–water partition coefficient (Wildman–Crippen LogP) is 9.28. The number of benzene rings is 1. The lowest BCUT2D eigenvalue weighted by Gasteiger charge is -2.28. The third-order valence-electron chi connectivity index (χ3n) is 7.87. The van der Waals surface area contributed by atoms with E-state index in [2.05, 4.69) is 48.9 Å². The second-order valence-corrected chi connectivity index (χ2v) is 10.6. The Morgan fingerprint density at radius 1 is 0.697 bits per heavy atom. The topological polar surface area (TPSA) is 25.8 Å². The van der Waals surface area contributed by atoms with Gasteiger partial charge in [0, 0.05) is 24.4 Å². The van der Waals surface area contributed by atoms with Crippen molar-refractivity contribution in [3.05, 3.63) is 47.5 Å². The maximum atomic E-state index is 4.66. The van der Waals surface area contributed by atoms with E-state index < -0.39 is 0 Å². The molecule has 0 unspecified atom stereocenters. The third kappa shape index (κ3) is 8.87. The van der Waals surface area contributed by atoms with E-state index in [4.69, 9.17) is 0 Å². The Labute approximate surface area is 204 Å². The molecule has 1 aromatic heterocycles. The van der Waals surface area contributed by atoms with Crippen molar-refractivity contribution in [3.63, 3.8) is 0 Å². The van der Waals surface area contributed by atoms with E-state index in [0.29, 0.717) is 0 Å².